The molecule has 36 heavy (non-hydrogen) atoms. The highest BCUT2D eigenvalue weighted by Crippen LogP contribution is 2.31. The molecule has 1 saturated heterocycles. The number of fused-ring (bicyclic) bond motifs is 1. The lowest BCUT2D eigenvalue weighted by Gasteiger charge is -2.27. The number of carbonyl (C=O) groups excluding carboxylic acids is 3. The zero-order chi connectivity index (χ0) is 25.4. The van der Waals surface area contributed by atoms with Crippen LogP contribution in [0.2, 0.25) is 5.02 Å². The topological polar surface area (TPSA) is 95.2 Å². The van der Waals surface area contributed by atoms with E-state index in [9.17, 15) is 19.6 Å². The van der Waals surface area contributed by atoms with Crippen molar-refractivity contribution in [3.63, 3.8) is 0 Å². The normalized spacial score (nSPS) is 14.9. The predicted octanol–water partition coefficient (Wildman–Crippen LogP) is 5.19. The molecule has 5 rings (SSSR count). The number of rotatable bonds is 4. The van der Waals surface area contributed by atoms with Gasteiger partial charge in [-0.15, -0.1) is 0 Å². The van der Waals surface area contributed by atoms with Crippen molar-refractivity contribution in [2.24, 2.45) is 0 Å². The Labute approximate surface area is 211 Å². The lowest BCUT2D eigenvalue weighted by molar-refractivity contribution is -0.122. The van der Waals surface area contributed by atoms with Crippen molar-refractivity contribution in [1.29, 1.82) is 5.26 Å². The largest absolute Gasteiger partial charge is 0.342 e. The number of carbonyl (C=O) groups is 3. The maximum Gasteiger partial charge on any atom is 0.335 e. The number of benzene rings is 3. The van der Waals surface area contributed by atoms with Gasteiger partial charge in [-0.05, 0) is 48.4 Å². The Morgan fingerprint density at radius 2 is 1.75 bits per heavy atom. The number of hydrogen-bond donors (Lipinski definition) is 1. The first-order chi connectivity index (χ1) is 17.4. The third kappa shape index (κ3) is 3.94. The fourth-order valence-corrected chi connectivity index (χ4v) is 4.51. The minimum Gasteiger partial charge on any atom is -0.342 e. The first-order valence-corrected chi connectivity index (χ1v) is 11.5. The highest BCUT2D eigenvalue weighted by atomic mass is 35.5. The van der Waals surface area contributed by atoms with Gasteiger partial charge in [-0.3, -0.25) is 14.9 Å². The van der Waals surface area contributed by atoms with Gasteiger partial charge in [-0.1, -0.05) is 54.1 Å². The van der Waals surface area contributed by atoms with Crippen molar-refractivity contribution in [2.45, 2.75) is 13.5 Å². The second-order valence-electron chi connectivity index (χ2n) is 8.34. The molecule has 1 fully saturated rings. The van der Waals surface area contributed by atoms with Crippen LogP contribution in [-0.4, -0.2) is 22.4 Å². The Kier molecular flexibility index (Phi) is 5.88. The molecule has 2 heterocycles. The second-order valence-corrected chi connectivity index (χ2v) is 8.75. The number of aromatic nitrogens is 1. The van der Waals surface area contributed by atoms with Gasteiger partial charge in [-0.25, -0.2) is 9.69 Å². The van der Waals surface area contributed by atoms with Crippen LogP contribution in [0.15, 0.2) is 78.5 Å². The first kappa shape index (κ1) is 23.1. The number of hydrogen-bond acceptors (Lipinski definition) is 4. The number of barbiturate groups is 1. The quantitative estimate of drug-likeness (QED) is 0.312. The number of nitrogens with zero attached hydrogens (tertiary/aromatic N) is 3. The van der Waals surface area contributed by atoms with Crippen LogP contribution >= 0.6 is 11.6 Å². The highest BCUT2D eigenvalue weighted by Gasteiger charge is 2.37. The SMILES string of the molecule is Cc1c(Cl)cccc1N1C(=O)NC(=O)/C(=C\c2cn(Cc3ccccc3C#N)c3ccccc23)C1=O. The number of nitrogens with one attached hydrogen (secondary N) is 1. The van der Waals surface area contributed by atoms with Crippen LogP contribution in [0.1, 0.15) is 22.3 Å². The van der Waals surface area contributed by atoms with Crippen molar-refractivity contribution in [1.82, 2.24) is 9.88 Å². The number of amides is 4. The molecule has 0 spiro atoms. The van der Waals surface area contributed by atoms with Gasteiger partial charge < -0.3 is 4.57 Å². The fourth-order valence-electron chi connectivity index (χ4n) is 4.34. The number of para-hydroxylation sites is 1. The van der Waals surface area contributed by atoms with Gasteiger partial charge in [0.05, 0.1) is 17.3 Å². The monoisotopic (exact) mass is 494 g/mol. The molecule has 0 unspecified atom stereocenters. The molecule has 7 nitrogen and oxygen atoms in total. The molecular formula is C28H19ClN4O3. The Morgan fingerprint density at radius 1 is 1.00 bits per heavy atom. The fraction of sp³-hybridized carbons (Fsp3) is 0.0714. The minimum atomic E-state index is -0.831. The minimum absolute atomic E-state index is 0.172. The molecule has 0 bridgehead atoms. The van der Waals surface area contributed by atoms with E-state index in [0.717, 1.165) is 21.4 Å². The van der Waals surface area contributed by atoms with Gasteiger partial charge in [0.25, 0.3) is 11.8 Å². The summed E-state index contributed by atoms with van der Waals surface area (Å²) in [5.41, 5.74) is 3.61. The maximum atomic E-state index is 13.4. The summed E-state index contributed by atoms with van der Waals surface area (Å²) in [6.07, 6.45) is 3.32. The van der Waals surface area contributed by atoms with E-state index in [4.69, 9.17) is 11.6 Å². The van der Waals surface area contributed by atoms with Crippen LogP contribution in [0, 0.1) is 18.3 Å². The standard InChI is InChI=1S/C28H19ClN4O3/c1-17-23(29)10-6-12-24(17)33-27(35)22(26(34)31-28(33)36)13-20-16-32(25-11-5-4-9-21(20)25)15-19-8-3-2-7-18(19)14-30/h2-13,16H,15H2,1H3,(H,31,34,36)/b22-13+. The summed E-state index contributed by atoms with van der Waals surface area (Å²) in [6.45, 7) is 2.13. The molecule has 0 aliphatic carbocycles. The van der Waals surface area contributed by atoms with Crippen molar-refractivity contribution in [2.75, 3.05) is 4.90 Å². The van der Waals surface area contributed by atoms with Crippen molar-refractivity contribution in [3.8, 4) is 6.07 Å². The van der Waals surface area contributed by atoms with Crippen LogP contribution in [0.25, 0.3) is 17.0 Å². The summed E-state index contributed by atoms with van der Waals surface area (Å²) in [6, 6.07) is 21.2. The van der Waals surface area contributed by atoms with E-state index in [1.165, 1.54) is 6.08 Å². The first-order valence-electron chi connectivity index (χ1n) is 11.1. The average Bonchev–Trinajstić information content (AvgIpc) is 3.21. The van der Waals surface area contributed by atoms with E-state index < -0.39 is 17.8 Å². The van der Waals surface area contributed by atoms with Gasteiger partial charge in [0, 0.05) is 34.2 Å². The average molecular weight is 495 g/mol. The zero-order valence-corrected chi connectivity index (χ0v) is 19.9. The van der Waals surface area contributed by atoms with Crippen molar-refractivity contribution >= 4 is 52.1 Å². The number of halogens is 1. The molecule has 1 aliphatic heterocycles. The van der Waals surface area contributed by atoms with E-state index >= 15 is 0 Å². The van der Waals surface area contributed by atoms with Crippen LogP contribution in [-0.2, 0) is 16.1 Å². The van der Waals surface area contributed by atoms with E-state index in [1.807, 2.05) is 53.2 Å². The zero-order valence-electron chi connectivity index (χ0n) is 19.2. The van der Waals surface area contributed by atoms with Crippen LogP contribution in [0.4, 0.5) is 10.5 Å². The molecular weight excluding hydrogens is 476 g/mol. The van der Waals surface area contributed by atoms with E-state index in [-0.39, 0.29) is 5.57 Å². The third-order valence-corrected chi connectivity index (χ3v) is 6.59. The molecule has 3 aromatic carbocycles. The summed E-state index contributed by atoms with van der Waals surface area (Å²) < 4.78 is 1.97. The van der Waals surface area contributed by atoms with E-state index in [2.05, 4.69) is 11.4 Å². The summed E-state index contributed by atoms with van der Waals surface area (Å²) in [5, 5.41) is 13.0. The highest BCUT2D eigenvalue weighted by molar-refractivity contribution is 6.40. The summed E-state index contributed by atoms with van der Waals surface area (Å²) >= 11 is 6.21. The Hall–Kier alpha value is -4.67. The Balaban J connectivity index is 1.60. The maximum absolute atomic E-state index is 13.4. The molecule has 0 radical (unpaired) electrons. The number of anilines is 1. The smallest absolute Gasteiger partial charge is 0.335 e. The summed E-state index contributed by atoms with van der Waals surface area (Å²) in [4.78, 5) is 39.7. The van der Waals surface area contributed by atoms with Gasteiger partial charge >= 0.3 is 6.03 Å². The van der Waals surface area contributed by atoms with Gasteiger partial charge in [-0.2, -0.15) is 5.26 Å². The van der Waals surface area contributed by atoms with Gasteiger partial charge in [0.2, 0.25) is 0 Å². The molecule has 1 aromatic heterocycles. The van der Waals surface area contributed by atoms with E-state index in [0.29, 0.717) is 33.9 Å². The number of nitriles is 1. The van der Waals surface area contributed by atoms with Gasteiger partial charge in [0.15, 0.2) is 0 Å². The number of imide groups is 2. The lowest BCUT2D eigenvalue weighted by Crippen LogP contribution is -2.54. The Bertz CT molecular complexity index is 1640. The lowest BCUT2D eigenvalue weighted by atomic mass is 10.1. The molecule has 1 N–H and O–H groups in total. The van der Waals surface area contributed by atoms with Crippen LogP contribution in [0.5, 0.6) is 0 Å². The number of urea groups is 1. The van der Waals surface area contributed by atoms with E-state index in [1.54, 1.807) is 31.2 Å². The van der Waals surface area contributed by atoms with Gasteiger partial charge in [0.1, 0.15) is 5.57 Å². The predicted molar refractivity (Wildman–Crippen MR) is 137 cm³/mol. The van der Waals surface area contributed by atoms with Crippen molar-refractivity contribution < 1.29 is 14.4 Å². The molecule has 4 amide bonds. The molecule has 0 atom stereocenters. The van der Waals surface area contributed by atoms with Crippen LogP contribution in [0.3, 0.4) is 0 Å². The van der Waals surface area contributed by atoms with Crippen molar-refractivity contribution in [3.05, 3.63) is 106 Å². The molecule has 8 heteroatoms. The molecule has 176 valence electrons. The van der Waals surface area contributed by atoms with Crippen LogP contribution < -0.4 is 10.2 Å². The summed E-state index contributed by atoms with van der Waals surface area (Å²) in [7, 11) is 0. The third-order valence-electron chi connectivity index (χ3n) is 6.18. The molecule has 1 aliphatic rings. The Morgan fingerprint density at radius 3 is 2.56 bits per heavy atom. The molecule has 0 saturated carbocycles. The molecule has 4 aromatic rings. The second kappa shape index (κ2) is 9.17. The summed E-state index contributed by atoms with van der Waals surface area (Å²) in [5.74, 6) is -1.51.